The summed E-state index contributed by atoms with van der Waals surface area (Å²) in [6, 6.07) is 0. The Kier molecular flexibility index (Phi) is 5.33. The Hall–Kier alpha value is -1.43. The minimum absolute atomic E-state index is 0.0934. The van der Waals surface area contributed by atoms with Gasteiger partial charge in [-0.25, -0.2) is 4.98 Å². The summed E-state index contributed by atoms with van der Waals surface area (Å²) in [4.78, 5) is 18.5. The average Bonchev–Trinajstić information content (AvgIpc) is 2.91. The van der Waals surface area contributed by atoms with Crippen LogP contribution in [0, 0.1) is 12.3 Å². The molecule has 0 radical (unpaired) electrons. The fourth-order valence-corrected chi connectivity index (χ4v) is 3.24. The molecule has 6 heteroatoms. The molecular weight excluding hydrogens is 268 g/mol. The predicted octanol–water partition coefficient (Wildman–Crippen LogP) is 1.45. The topological polar surface area (TPSA) is 82.1 Å². The lowest BCUT2D eigenvalue weighted by Gasteiger charge is -2.42. The molecule has 2 N–H and O–H groups in total. The van der Waals surface area contributed by atoms with Gasteiger partial charge in [0.1, 0.15) is 5.82 Å². The van der Waals surface area contributed by atoms with E-state index in [4.69, 9.17) is 0 Å². The second-order valence-corrected chi connectivity index (χ2v) is 6.16. The maximum atomic E-state index is 12.4. The highest BCUT2D eigenvalue weighted by Gasteiger charge is 2.35. The normalized spacial score (nSPS) is 22.5. The third kappa shape index (κ3) is 4.03. The van der Waals surface area contributed by atoms with Crippen molar-refractivity contribution >= 4 is 5.91 Å². The van der Waals surface area contributed by atoms with Crippen molar-refractivity contribution in [3.05, 3.63) is 11.6 Å². The van der Waals surface area contributed by atoms with Crippen LogP contribution in [-0.2, 0) is 11.2 Å². The van der Waals surface area contributed by atoms with Crippen molar-refractivity contribution in [2.75, 3.05) is 19.7 Å². The van der Waals surface area contributed by atoms with E-state index in [9.17, 15) is 9.90 Å². The van der Waals surface area contributed by atoms with Crippen molar-refractivity contribution in [1.82, 2.24) is 20.1 Å². The molecule has 1 aliphatic rings. The Morgan fingerprint density at radius 1 is 1.52 bits per heavy atom. The average molecular weight is 294 g/mol. The number of nitrogens with one attached hydrogen (secondary N) is 1. The molecule has 2 rings (SSSR count). The zero-order chi connectivity index (χ0) is 15.3. The van der Waals surface area contributed by atoms with Crippen LogP contribution >= 0.6 is 0 Å². The number of piperidine rings is 1. The highest BCUT2D eigenvalue weighted by atomic mass is 16.3. The molecule has 0 aliphatic carbocycles. The first-order valence-electron chi connectivity index (χ1n) is 7.85. The summed E-state index contributed by atoms with van der Waals surface area (Å²) >= 11 is 0. The molecule has 2 heterocycles. The summed E-state index contributed by atoms with van der Waals surface area (Å²) in [5, 5.41) is 16.6. The van der Waals surface area contributed by atoms with Crippen molar-refractivity contribution in [3.8, 4) is 0 Å². The minimum atomic E-state index is -0.0934. The van der Waals surface area contributed by atoms with Crippen LogP contribution in [0.2, 0.25) is 0 Å². The van der Waals surface area contributed by atoms with Gasteiger partial charge in [0.15, 0.2) is 5.82 Å². The number of aryl methyl sites for hydroxylation is 2. The maximum Gasteiger partial charge on any atom is 0.223 e. The van der Waals surface area contributed by atoms with Gasteiger partial charge in [0.2, 0.25) is 5.91 Å². The van der Waals surface area contributed by atoms with Gasteiger partial charge in [-0.15, -0.1) is 0 Å². The quantitative estimate of drug-likeness (QED) is 0.832. The number of likely N-dealkylation sites (tertiary alicyclic amines) is 1. The van der Waals surface area contributed by atoms with Crippen molar-refractivity contribution in [1.29, 1.82) is 0 Å². The summed E-state index contributed by atoms with van der Waals surface area (Å²) in [6.07, 6.45) is 5.02. The van der Waals surface area contributed by atoms with Crippen LogP contribution in [0.1, 0.15) is 50.7 Å². The minimum Gasteiger partial charge on any atom is -0.396 e. The van der Waals surface area contributed by atoms with Crippen LogP contribution < -0.4 is 0 Å². The SMILES string of the molecule is CCCC1(CO)CCCN(C(=O)CCc2n[nH]c(C)n2)C1. The predicted molar refractivity (Wildman–Crippen MR) is 79.7 cm³/mol. The zero-order valence-electron chi connectivity index (χ0n) is 13.1. The molecular formula is C15H26N4O2. The van der Waals surface area contributed by atoms with Gasteiger partial charge < -0.3 is 10.0 Å². The van der Waals surface area contributed by atoms with E-state index in [0.717, 1.165) is 38.1 Å². The van der Waals surface area contributed by atoms with E-state index in [1.807, 2.05) is 11.8 Å². The Bertz CT molecular complexity index is 470. The number of carbonyl (C=O) groups is 1. The summed E-state index contributed by atoms with van der Waals surface area (Å²) in [5.41, 5.74) is -0.0934. The second-order valence-electron chi connectivity index (χ2n) is 6.16. The van der Waals surface area contributed by atoms with Crippen LogP contribution in [0.5, 0.6) is 0 Å². The standard InChI is InChI=1S/C15H26N4O2/c1-3-7-15(11-20)8-4-9-19(10-15)14(21)6-5-13-16-12(2)17-18-13/h20H,3-11H2,1-2H3,(H,16,17,18). The van der Waals surface area contributed by atoms with E-state index in [0.29, 0.717) is 25.2 Å². The van der Waals surface area contributed by atoms with Crippen molar-refractivity contribution in [3.63, 3.8) is 0 Å². The van der Waals surface area contributed by atoms with Crippen molar-refractivity contribution in [2.45, 2.75) is 52.4 Å². The lowest BCUT2D eigenvalue weighted by Crippen LogP contribution is -2.47. The summed E-state index contributed by atoms with van der Waals surface area (Å²) in [5.74, 6) is 1.61. The largest absolute Gasteiger partial charge is 0.396 e. The lowest BCUT2D eigenvalue weighted by atomic mass is 9.77. The van der Waals surface area contributed by atoms with Gasteiger partial charge >= 0.3 is 0 Å². The molecule has 21 heavy (non-hydrogen) atoms. The third-order valence-electron chi connectivity index (χ3n) is 4.34. The molecule has 1 aromatic rings. The van der Waals surface area contributed by atoms with Gasteiger partial charge in [0.05, 0.1) is 6.61 Å². The molecule has 1 fully saturated rings. The molecule has 1 saturated heterocycles. The molecule has 0 saturated carbocycles. The van der Waals surface area contributed by atoms with Gasteiger partial charge in [-0.1, -0.05) is 13.3 Å². The number of aromatic amines is 1. The summed E-state index contributed by atoms with van der Waals surface area (Å²) in [7, 11) is 0. The number of nitrogens with zero attached hydrogens (tertiary/aromatic N) is 3. The van der Waals surface area contributed by atoms with Crippen LogP contribution in [0.15, 0.2) is 0 Å². The van der Waals surface area contributed by atoms with Gasteiger partial charge in [0.25, 0.3) is 0 Å². The zero-order valence-corrected chi connectivity index (χ0v) is 13.1. The lowest BCUT2D eigenvalue weighted by molar-refractivity contribution is -0.135. The number of aliphatic hydroxyl groups excluding tert-OH is 1. The van der Waals surface area contributed by atoms with Gasteiger partial charge in [-0.3, -0.25) is 9.89 Å². The van der Waals surface area contributed by atoms with Crippen LogP contribution in [0.4, 0.5) is 0 Å². The first-order chi connectivity index (χ1) is 10.1. The second kappa shape index (κ2) is 7.02. The highest BCUT2D eigenvalue weighted by molar-refractivity contribution is 5.76. The van der Waals surface area contributed by atoms with E-state index in [2.05, 4.69) is 22.1 Å². The van der Waals surface area contributed by atoms with E-state index < -0.39 is 0 Å². The number of carbonyl (C=O) groups excluding carboxylic acids is 1. The molecule has 118 valence electrons. The first kappa shape index (κ1) is 15.9. The molecule has 0 spiro atoms. The molecule has 0 aromatic carbocycles. The Morgan fingerprint density at radius 3 is 2.95 bits per heavy atom. The van der Waals surface area contributed by atoms with Gasteiger partial charge in [0, 0.05) is 31.3 Å². The molecule has 1 atom stereocenters. The Morgan fingerprint density at radius 2 is 2.33 bits per heavy atom. The van der Waals surface area contributed by atoms with E-state index in [1.54, 1.807) is 0 Å². The fourth-order valence-electron chi connectivity index (χ4n) is 3.24. The number of hydrogen-bond acceptors (Lipinski definition) is 4. The van der Waals surface area contributed by atoms with Gasteiger partial charge in [-0.05, 0) is 26.2 Å². The molecule has 1 aromatic heterocycles. The Balaban J connectivity index is 1.89. The number of amides is 1. The van der Waals surface area contributed by atoms with Crippen LogP contribution in [-0.4, -0.2) is 50.8 Å². The number of aromatic nitrogens is 3. The molecule has 1 unspecified atom stereocenters. The third-order valence-corrected chi connectivity index (χ3v) is 4.34. The van der Waals surface area contributed by atoms with Crippen LogP contribution in [0.25, 0.3) is 0 Å². The number of rotatable bonds is 6. The summed E-state index contributed by atoms with van der Waals surface area (Å²) < 4.78 is 0. The maximum absolute atomic E-state index is 12.4. The fraction of sp³-hybridized carbons (Fsp3) is 0.800. The van der Waals surface area contributed by atoms with E-state index in [-0.39, 0.29) is 17.9 Å². The molecule has 1 aliphatic heterocycles. The van der Waals surface area contributed by atoms with E-state index in [1.165, 1.54) is 0 Å². The molecule has 6 nitrogen and oxygen atoms in total. The smallest absolute Gasteiger partial charge is 0.223 e. The Labute approximate surface area is 126 Å². The number of aliphatic hydroxyl groups is 1. The van der Waals surface area contributed by atoms with Crippen molar-refractivity contribution in [2.24, 2.45) is 5.41 Å². The molecule has 1 amide bonds. The number of hydrogen-bond donors (Lipinski definition) is 2. The monoisotopic (exact) mass is 294 g/mol. The molecule has 0 bridgehead atoms. The van der Waals surface area contributed by atoms with Gasteiger partial charge in [-0.2, -0.15) is 5.10 Å². The van der Waals surface area contributed by atoms with Crippen molar-refractivity contribution < 1.29 is 9.90 Å². The van der Waals surface area contributed by atoms with E-state index >= 15 is 0 Å². The van der Waals surface area contributed by atoms with Crippen LogP contribution in [0.3, 0.4) is 0 Å². The number of H-pyrrole nitrogens is 1. The highest BCUT2D eigenvalue weighted by Crippen LogP contribution is 2.34. The summed E-state index contributed by atoms with van der Waals surface area (Å²) in [6.45, 7) is 5.64. The first-order valence-corrected chi connectivity index (χ1v) is 7.85.